The van der Waals surface area contributed by atoms with Gasteiger partial charge in [-0.05, 0) is 40.2 Å². The minimum Gasteiger partial charge on any atom is -0.384 e. The number of amides is 1. The maximum absolute atomic E-state index is 12.0. The van der Waals surface area contributed by atoms with Crippen molar-refractivity contribution >= 4 is 5.91 Å². The molecule has 0 radical (unpaired) electrons. The number of hydrogen-bond donors (Lipinski definition) is 3. The van der Waals surface area contributed by atoms with E-state index in [0.717, 1.165) is 5.56 Å². The molecule has 1 amide bonds. The highest BCUT2D eigenvalue weighted by atomic mass is 16.3. The van der Waals surface area contributed by atoms with Gasteiger partial charge in [-0.3, -0.25) is 4.79 Å². The molecular weight excluding hydrogens is 252 g/mol. The molecule has 0 aromatic heterocycles. The van der Waals surface area contributed by atoms with Crippen LogP contribution in [-0.2, 0) is 10.4 Å². The summed E-state index contributed by atoms with van der Waals surface area (Å²) in [4.78, 5) is 12.0. The Kier molecular flexibility index (Phi) is 5.31. The van der Waals surface area contributed by atoms with Crippen molar-refractivity contribution in [3.8, 4) is 0 Å². The fourth-order valence-electron chi connectivity index (χ4n) is 1.82. The average molecular weight is 278 g/mol. The summed E-state index contributed by atoms with van der Waals surface area (Å²) in [6.45, 7) is 9.68. The quantitative estimate of drug-likeness (QED) is 0.769. The molecule has 3 N–H and O–H groups in total. The van der Waals surface area contributed by atoms with E-state index in [1.165, 1.54) is 0 Å². The van der Waals surface area contributed by atoms with Gasteiger partial charge in [0.2, 0.25) is 5.91 Å². The lowest BCUT2D eigenvalue weighted by molar-refractivity contribution is -0.124. The Morgan fingerprint density at radius 3 is 2.25 bits per heavy atom. The third-order valence-electron chi connectivity index (χ3n) is 3.04. The number of hydrogen-bond acceptors (Lipinski definition) is 3. The minimum atomic E-state index is -1.00. The van der Waals surface area contributed by atoms with Crippen LogP contribution in [0.3, 0.4) is 0 Å². The second-order valence-electron chi connectivity index (χ2n) is 6.48. The lowest BCUT2D eigenvalue weighted by Crippen LogP contribution is -2.51. The van der Waals surface area contributed by atoms with Gasteiger partial charge in [0.05, 0.1) is 11.6 Å². The standard InChI is InChI=1S/C16H26N2O2/c1-12(14(19)18-15(2,3)4)17-11-16(5,20)13-9-7-6-8-10-13/h6-10,12,17,20H,11H2,1-5H3,(H,18,19). The molecular formula is C16H26N2O2. The first-order valence-corrected chi connectivity index (χ1v) is 6.95. The van der Waals surface area contributed by atoms with Crippen LogP contribution in [0, 0.1) is 0 Å². The van der Waals surface area contributed by atoms with Gasteiger partial charge in [0.1, 0.15) is 0 Å². The summed E-state index contributed by atoms with van der Waals surface area (Å²) >= 11 is 0. The van der Waals surface area contributed by atoms with Crippen molar-refractivity contribution in [1.82, 2.24) is 10.6 Å². The predicted octanol–water partition coefficient (Wildman–Crippen LogP) is 1.79. The lowest BCUT2D eigenvalue weighted by atomic mass is 9.96. The van der Waals surface area contributed by atoms with E-state index in [1.807, 2.05) is 51.1 Å². The number of aliphatic hydroxyl groups is 1. The summed E-state index contributed by atoms with van der Waals surface area (Å²) in [7, 11) is 0. The molecule has 112 valence electrons. The molecule has 0 aliphatic rings. The first-order valence-electron chi connectivity index (χ1n) is 6.95. The van der Waals surface area contributed by atoms with E-state index in [1.54, 1.807) is 13.8 Å². The van der Waals surface area contributed by atoms with Gasteiger partial charge in [-0.2, -0.15) is 0 Å². The second kappa shape index (κ2) is 6.37. The van der Waals surface area contributed by atoms with E-state index in [0.29, 0.717) is 6.54 Å². The molecule has 4 nitrogen and oxygen atoms in total. The molecule has 1 aromatic rings. The summed E-state index contributed by atoms with van der Waals surface area (Å²) < 4.78 is 0. The number of carbonyl (C=O) groups is 1. The largest absolute Gasteiger partial charge is 0.384 e. The molecule has 0 aliphatic heterocycles. The summed E-state index contributed by atoms with van der Waals surface area (Å²) in [6.07, 6.45) is 0. The number of rotatable bonds is 5. The van der Waals surface area contributed by atoms with Gasteiger partial charge in [-0.15, -0.1) is 0 Å². The topological polar surface area (TPSA) is 61.4 Å². The molecule has 2 unspecified atom stereocenters. The van der Waals surface area contributed by atoms with Crippen molar-refractivity contribution in [3.05, 3.63) is 35.9 Å². The van der Waals surface area contributed by atoms with Crippen LogP contribution in [-0.4, -0.2) is 29.1 Å². The smallest absolute Gasteiger partial charge is 0.237 e. The molecule has 1 rings (SSSR count). The fraction of sp³-hybridized carbons (Fsp3) is 0.562. The zero-order valence-electron chi connectivity index (χ0n) is 13.0. The zero-order chi connectivity index (χ0) is 15.4. The van der Waals surface area contributed by atoms with Crippen LogP contribution in [0.4, 0.5) is 0 Å². The van der Waals surface area contributed by atoms with Gasteiger partial charge in [-0.25, -0.2) is 0 Å². The Bertz CT molecular complexity index is 436. The highest BCUT2D eigenvalue weighted by Gasteiger charge is 2.25. The van der Waals surface area contributed by atoms with Crippen molar-refractivity contribution in [2.75, 3.05) is 6.54 Å². The van der Waals surface area contributed by atoms with Gasteiger partial charge in [0, 0.05) is 12.1 Å². The van der Waals surface area contributed by atoms with Crippen LogP contribution in [0.2, 0.25) is 0 Å². The lowest BCUT2D eigenvalue weighted by Gasteiger charge is -2.28. The molecule has 0 aliphatic carbocycles. The Morgan fingerprint density at radius 2 is 1.75 bits per heavy atom. The van der Waals surface area contributed by atoms with Crippen LogP contribution >= 0.6 is 0 Å². The normalized spacial score (nSPS) is 16.3. The molecule has 0 fully saturated rings. The van der Waals surface area contributed by atoms with Crippen LogP contribution in [0.25, 0.3) is 0 Å². The summed E-state index contributed by atoms with van der Waals surface area (Å²) in [5.74, 6) is -0.0682. The third-order valence-corrected chi connectivity index (χ3v) is 3.04. The van der Waals surface area contributed by atoms with Crippen molar-refractivity contribution in [3.63, 3.8) is 0 Å². The van der Waals surface area contributed by atoms with Crippen molar-refractivity contribution in [2.45, 2.75) is 51.8 Å². The molecule has 0 saturated carbocycles. The van der Waals surface area contributed by atoms with Gasteiger partial charge in [0.15, 0.2) is 0 Å². The summed E-state index contributed by atoms with van der Waals surface area (Å²) in [5, 5.41) is 16.4. The highest BCUT2D eigenvalue weighted by molar-refractivity contribution is 5.81. The molecule has 1 aromatic carbocycles. The molecule has 0 spiro atoms. The van der Waals surface area contributed by atoms with E-state index in [4.69, 9.17) is 0 Å². The second-order valence-corrected chi connectivity index (χ2v) is 6.48. The molecule has 2 atom stereocenters. The van der Waals surface area contributed by atoms with Crippen LogP contribution in [0.5, 0.6) is 0 Å². The first kappa shape index (κ1) is 16.7. The van der Waals surface area contributed by atoms with E-state index < -0.39 is 5.60 Å². The SMILES string of the molecule is CC(NCC(C)(O)c1ccccc1)C(=O)NC(C)(C)C. The Labute approximate surface area is 121 Å². The zero-order valence-corrected chi connectivity index (χ0v) is 13.0. The average Bonchev–Trinajstić information content (AvgIpc) is 2.35. The molecule has 0 heterocycles. The molecule has 4 heteroatoms. The van der Waals surface area contributed by atoms with E-state index in [2.05, 4.69) is 10.6 Å². The fourth-order valence-corrected chi connectivity index (χ4v) is 1.82. The maximum atomic E-state index is 12.0. The predicted molar refractivity (Wildman–Crippen MR) is 81.4 cm³/mol. The van der Waals surface area contributed by atoms with E-state index in [9.17, 15) is 9.90 Å². The van der Waals surface area contributed by atoms with Gasteiger partial charge in [0.25, 0.3) is 0 Å². The monoisotopic (exact) mass is 278 g/mol. The summed E-state index contributed by atoms with van der Waals surface area (Å²) in [6, 6.07) is 9.08. The number of benzene rings is 1. The number of carbonyl (C=O) groups excluding carboxylic acids is 1. The molecule has 20 heavy (non-hydrogen) atoms. The van der Waals surface area contributed by atoms with Crippen LogP contribution < -0.4 is 10.6 Å². The first-order chi connectivity index (χ1) is 9.12. The molecule has 0 bridgehead atoms. The van der Waals surface area contributed by atoms with Crippen molar-refractivity contribution < 1.29 is 9.90 Å². The van der Waals surface area contributed by atoms with Crippen molar-refractivity contribution in [2.24, 2.45) is 0 Å². The molecule has 0 saturated heterocycles. The highest BCUT2D eigenvalue weighted by Crippen LogP contribution is 2.19. The van der Waals surface area contributed by atoms with Gasteiger partial charge < -0.3 is 15.7 Å². The Morgan fingerprint density at radius 1 is 1.20 bits per heavy atom. The third kappa shape index (κ3) is 5.31. The summed E-state index contributed by atoms with van der Waals surface area (Å²) in [5.41, 5.74) is -0.428. The number of nitrogens with one attached hydrogen (secondary N) is 2. The Hall–Kier alpha value is -1.39. The van der Waals surface area contributed by atoms with Crippen molar-refractivity contribution in [1.29, 1.82) is 0 Å². The van der Waals surface area contributed by atoms with Gasteiger partial charge >= 0.3 is 0 Å². The maximum Gasteiger partial charge on any atom is 0.237 e. The van der Waals surface area contributed by atoms with Gasteiger partial charge in [-0.1, -0.05) is 30.3 Å². The van der Waals surface area contributed by atoms with Crippen LogP contribution in [0.15, 0.2) is 30.3 Å². The van der Waals surface area contributed by atoms with E-state index >= 15 is 0 Å². The Balaban J connectivity index is 2.56. The minimum absolute atomic E-state index is 0.0682. The van der Waals surface area contributed by atoms with Crippen LogP contribution in [0.1, 0.15) is 40.2 Å². The van der Waals surface area contributed by atoms with E-state index in [-0.39, 0.29) is 17.5 Å².